The minimum absolute atomic E-state index is 0.245. The summed E-state index contributed by atoms with van der Waals surface area (Å²) in [5, 5.41) is 6.81. The SMILES string of the molecule is NCC(c1ccccc1)c1ccc(-c2cn[nH]c2)cc1. The maximum absolute atomic E-state index is 5.95. The summed E-state index contributed by atoms with van der Waals surface area (Å²) in [6.07, 6.45) is 3.72. The Morgan fingerprint density at radius 1 is 0.900 bits per heavy atom. The Morgan fingerprint density at radius 3 is 2.20 bits per heavy atom. The molecule has 0 saturated carbocycles. The molecule has 2 aromatic carbocycles. The molecular formula is C17H17N3. The monoisotopic (exact) mass is 263 g/mol. The summed E-state index contributed by atoms with van der Waals surface area (Å²) in [4.78, 5) is 0. The minimum atomic E-state index is 0.245. The molecule has 0 spiro atoms. The van der Waals surface area contributed by atoms with Crippen molar-refractivity contribution < 1.29 is 0 Å². The molecule has 3 aromatic rings. The Morgan fingerprint density at radius 2 is 1.60 bits per heavy atom. The summed E-state index contributed by atoms with van der Waals surface area (Å²) in [7, 11) is 0. The zero-order valence-electron chi connectivity index (χ0n) is 11.2. The van der Waals surface area contributed by atoms with Gasteiger partial charge in [-0.2, -0.15) is 5.10 Å². The van der Waals surface area contributed by atoms with E-state index in [1.807, 2.05) is 18.5 Å². The number of hydrogen-bond acceptors (Lipinski definition) is 2. The van der Waals surface area contributed by atoms with Crippen LogP contribution in [0, 0.1) is 0 Å². The molecule has 1 unspecified atom stereocenters. The molecule has 3 rings (SSSR count). The fourth-order valence-corrected chi connectivity index (χ4v) is 2.47. The molecular weight excluding hydrogens is 246 g/mol. The number of H-pyrrole nitrogens is 1. The normalized spacial score (nSPS) is 12.2. The fourth-order valence-electron chi connectivity index (χ4n) is 2.47. The van der Waals surface area contributed by atoms with Crippen molar-refractivity contribution in [2.45, 2.75) is 5.92 Å². The number of rotatable bonds is 4. The van der Waals surface area contributed by atoms with Gasteiger partial charge in [-0.05, 0) is 16.7 Å². The van der Waals surface area contributed by atoms with E-state index in [1.165, 1.54) is 11.1 Å². The van der Waals surface area contributed by atoms with Crippen LogP contribution in [0.4, 0.5) is 0 Å². The first-order valence-corrected chi connectivity index (χ1v) is 6.72. The van der Waals surface area contributed by atoms with Crippen LogP contribution >= 0.6 is 0 Å². The van der Waals surface area contributed by atoms with Crippen molar-refractivity contribution in [1.29, 1.82) is 0 Å². The summed E-state index contributed by atoms with van der Waals surface area (Å²) in [5.41, 5.74) is 10.7. The molecule has 3 N–H and O–H groups in total. The van der Waals surface area contributed by atoms with Crippen LogP contribution in [0.25, 0.3) is 11.1 Å². The first-order chi connectivity index (χ1) is 9.88. The van der Waals surface area contributed by atoms with Gasteiger partial charge in [0.25, 0.3) is 0 Å². The van der Waals surface area contributed by atoms with Gasteiger partial charge < -0.3 is 5.73 Å². The molecule has 3 heteroatoms. The van der Waals surface area contributed by atoms with E-state index in [0.29, 0.717) is 6.54 Å². The predicted octanol–water partition coefficient (Wildman–Crippen LogP) is 3.17. The Balaban J connectivity index is 1.90. The summed E-state index contributed by atoms with van der Waals surface area (Å²) >= 11 is 0. The van der Waals surface area contributed by atoms with Gasteiger partial charge in [0.1, 0.15) is 0 Å². The highest BCUT2D eigenvalue weighted by atomic mass is 15.1. The lowest BCUT2D eigenvalue weighted by Crippen LogP contribution is -2.13. The van der Waals surface area contributed by atoms with Crippen molar-refractivity contribution in [3.8, 4) is 11.1 Å². The van der Waals surface area contributed by atoms with E-state index in [-0.39, 0.29) is 5.92 Å². The second-order valence-electron chi connectivity index (χ2n) is 4.81. The summed E-state index contributed by atoms with van der Waals surface area (Å²) < 4.78 is 0. The predicted molar refractivity (Wildman–Crippen MR) is 81.4 cm³/mol. The molecule has 0 aliphatic carbocycles. The molecule has 100 valence electrons. The van der Waals surface area contributed by atoms with Crippen LogP contribution in [0.1, 0.15) is 17.0 Å². The average molecular weight is 263 g/mol. The summed E-state index contributed by atoms with van der Waals surface area (Å²) in [6.45, 7) is 0.606. The van der Waals surface area contributed by atoms with Gasteiger partial charge in [0, 0.05) is 24.2 Å². The van der Waals surface area contributed by atoms with E-state index in [4.69, 9.17) is 5.73 Å². The second-order valence-corrected chi connectivity index (χ2v) is 4.81. The van der Waals surface area contributed by atoms with Crippen molar-refractivity contribution in [2.75, 3.05) is 6.54 Å². The van der Waals surface area contributed by atoms with Crippen molar-refractivity contribution in [1.82, 2.24) is 10.2 Å². The van der Waals surface area contributed by atoms with Gasteiger partial charge in [0.05, 0.1) is 6.20 Å². The maximum atomic E-state index is 5.95. The van der Waals surface area contributed by atoms with E-state index in [1.54, 1.807) is 0 Å². The maximum Gasteiger partial charge on any atom is 0.0565 e. The first kappa shape index (κ1) is 12.6. The molecule has 0 aliphatic heterocycles. The van der Waals surface area contributed by atoms with E-state index in [9.17, 15) is 0 Å². The van der Waals surface area contributed by atoms with Gasteiger partial charge in [-0.3, -0.25) is 5.10 Å². The smallest absolute Gasteiger partial charge is 0.0565 e. The third kappa shape index (κ3) is 2.49. The van der Waals surface area contributed by atoms with E-state index < -0.39 is 0 Å². The lowest BCUT2D eigenvalue weighted by molar-refractivity contribution is 0.819. The van der Waals surface area contributed by atoms with Crippen molar-refractivity contribution >= 4 is 0 Å². The molecule has 0 radical (unpaired) electrons. The largest absolute Gasteiger partial charge is 0.330 e. The zero-order valence-corrected chi connectivity index (χ0v) is 11.2. The van der Waals surface area contributed by atoms with E-state index >= 15 is 0 Å². The van der Waals surface area contributed by atoms with E-state index in [2.05, 4.69) is 58.7 Å². The Hall–Kier alpha value is -2.39. The number of nitrogens with zero attached hydrogens (tertiary/aromatic N) is 1. The Bertz CT molecular complexity index is 642. The lowest BCUT2D eigenvalue weighted by atomic mass is 9.90. The number of benzene rings is 2. The highest BCUT2D eigenvalue weighted by Crippen LogP contribution is 2.26. The minimum Gasteiger partial charge on any atom is -0.330 e. The number of hydrogen-bond donors (Lipinski definition) is 2. The van der Waals surface area contributed by atoms with Crippen LogP contribution in [0.3, 0.4) is 0 Å². The fraction of sp³-hybridized carbons (Fsp3) is 0.118. The lowest BCUT2D eigenvalue weighted by Gasteiger charge is -2.16. The van der Waals surface area contributed by atoms with Gasteiger partial charge >= 0.3 is 0 Å². The van der Waals surface area contributed by atoms with Crippen LogP contribution in [0.15, 0.2) is 67.0 Å². The van der Waals surface area contributed by atoms with Gasteiger partial charge in [-0.1, -0.05) is 54.6 Å². The first-order valence-electron chi connectivity index (χ1n) is 6.72. The molecule has 3 nitrogen and oxygen atoms in total. The molecule has 1 heterocycles. The molecule has 0 aliphatic rings. The van der Waals surface area contributed by atoms with Gasteiger partial charge in [0.2, 0.25) is 0 Å². The number of aromatic nitrogens is 2. The molecule has 0 saturated heterocycles. The van der Waals surface area contributed by atoms with Crippen molar-refractivity contribution in [2.24, 2.45) is 5.73 Å². The summed E-state index contributed by atoms with van der Waals surface area (Å²) in [6, 6.07) is 18.9. The van der Waals surface area contributed by atoms with Crippen LogP contribution in [-0.2, 0) is 0 Å². The molecule has 0 bridgehead atoms. The highest BCUT2D eigenvalue weighted by Gasteiger charge is 2.12. The van der Waals surface area contributed by atoms with E-state index in [0.717, 1.165) is 11.1 Å². The zero-order chi connectivity index (χ0) is 13.8. The molecule has 20 heavy (non-hydrogen) atoms. The summed E-state index contributed by atoms with van der Waals surface area (Å²) in [5.74, 6) is 0.245. The third-order valence-corrected chi connectivity index (χ3v) is 3.58. The third-order valence-electron chi connectivity index (χ3n) is 3.58. The number of nitrogens with one attached hydrogen (secondary N) is 1. The number of aromatic amines is 1. The van der Waals surface area contributed by atoms with Gasteiger partial charge in [-0.25, -0.2) is 0 Å². The van der Waals surface area contributed by atoms with Crippen LogP contribution in [0.2, 0.25) is 0 Å². The van der Waals surface area contributed by atoms with Crippen LogP contribution in [0.5, 0.6) is 0 Å². The van der Waals surface area contributed by atoms with Gasteiger partial charge in [0.15, 0.2) is 0 Å². The molecule has 0 fully saturated rings. The second kappa shape index (κ2) is 5.72. The van der Waals surface area contributed by atoms with Crippen molar-refractivity contribution in [3.63, 3.8) is 0 Å². The molecule has 0 amide bonds. The van der Waals surface area contributed by atoms with Crippen LogP contribution < -0.4 is 5.73 Å². The van der Waals surface area contributed by atoms with Crippen LogP contribution in [-0.4, -0.2) is 16.7 Å². The molecule has 1 atom stereocenters. The van der Waals surface area contributed by atoms with Crippen molar-refractivity contribution in [3.05, 3.63) is 78.1 Å². The Kier molecular flexibility index (Phi) is 3.61. The Labute approximate surface area is 118 Å². The standard InChI is InChI=1S/C17H17N3/c18-10-17(14-4-2-1-3-5-14)15-8-6-13(7-9-15)16-11-19-20-12-16/h1-9,11-12,17H,10,18H2,(H,19,20). The quantitative estimate of drug-likeness (QED) is 0.759. The van der Waals surface area contributed by atoms with Gasteiger partial charge in [-0.15, -0.1) is 0 Å². The molecule has 1 aromatic heterocycles. The number of nitrogens with two attached hydrogens (primary N) is 1. The topological polar surface area (TPSA) is 54.7 Å². The average Bonchev–Trinajstić information content (AvgIpc) is 3.04. The highest BCUT2D eigenvalue weighted by molar-refractivity contribution is 5.62.